The Morgan fingerprint density at radius 1 is 1.28 bits per heavy atom. The summed E-state index contributed by atoms with van der Waals surface area (Å²) in [5.74, 6) is -1.08. The summed E-state index contributed by atoms with van der Waals surface area (Å²) >= 11 is 0. The van der Waals surface area contributed by atoms with Crippen LogP contribution in [0.3, 0.4) is 0 Å². The fourth-order valence-electron chi connectivity index (χ4n) is 1.52. The van der Waals surface area contributed by atoms with Gasteiger partial charge in [-0.3, -0.25) is 0 Å². The molecule has 1 aliphatic carbocycles. The molecule has 0 saturated carbocycles. The van der Waals surface area contributed by atoms with Crippen LogP contribution in [0.4, 0.5) is 0 Å². The van der Waals surface area contributed by atoms with Gasteiger partial charge in [-0.1, -0.05) is 12.2 Å². The fraction of sp³-hybridized carbons (Fsp3) is 0.429. The zero-order valence-electron chi connectivity index (χ0n) is 10.6. The van der Waals surface area contributed by atoms with Crippen LogP contribution in [0, 0.1) is 0 Å². The number of rotatable bonds is 5. The first-order valence-electron chi connectivity index (χ1n) is 6.09. The van der Waals surface area contributed by atoms with E-state index >= 15 is 0 Å². The molecular formula is C14H18O4. The van der Waals surface area contributed by atoms with Crippen molar-refractivity contribution in [1.82, 2.24) is 0 Å². The molecule has 0 aromatic rings. The Bertz CT molecular complexity index is 377. The number of carbonyl (C=O) groups is 2. The van der Waals surface area contributed by atoms with Crippen LogP contribution in [0.5, 0.6) is 0 Å². The van der Waals surface area contributed by atoms with Gasteiger partial charge >= 0.3 is 11.9 Å². The van der Waals surface area contributed by atoms with Gasteiger partial charge in [0.25, 0.3) is 0 Å². The van der Waals surface area contributed by atoms with E-state index in [1.807, 2.05) is 12.2 Å². The third kappa shape index (κ3) is 6.03. The van der Waals surface area contributed by atoms with E-state index in [0.717, 1.165) is 31.4 Å². The number of carbonyl (C=O) groups excluding carboxylic acids is 2. The molecule has 0 atom stereocenters. The number of ether oxygens (including phenoxy) is 2. The van der Waals surface area contributed by atoms with Crippen molar-refractivity contribution in [3.8, 4) is 0 Å². The maximum absolute atomic E-state index is 11.2. The molecule has 18 heavy (non-hydrogen) atoms. The molecule has 0 aliphatic heterocycles. The van der Waals surface area contributed by atoms with Crippen molar-refractivity contribution in [2.24, 2.45) is 0 Å². The van der Waals surface area contributed by atoms with E-state index in [0.29, 0.717) is 0 Å². The van der Waals surface area contributed by atoms with Gasteiger partial charge < -0.3 is 9.47 Å². The van der Waals surface area contributed by atoms with Gasteiger partial charge in [0.15, 0.2) is 0 Å². The maximum Gasteiger partial charge on any atom is 0.331 e. The second-order valence-electron chi connectivity index (χ2n) is 3.79. The smallest absolute Gasteiger partial charge is 0.331 e. The molecule has 0 aromatic heterocycles. The number of allylic oxidation sites excluding steroid dienone is 3. The number of esters is 2. The Hall–Kier alpha value is -1.84. The first-order valence-corrected chi connectivity index (χ1v) is 6.09. The van der Waals surface area contributed by atoms with E-state index < -0.39 is 11.9 Å². The van der Waals surface area contributed by atoms with Gasteiger partial charge in [-0.15, -0.1) is 0 Å². The van der Waals surface area contributed by atoms with Crippen LogP contribution in [0.2, 0.25) is 0 Å². The summed E-state index contributed by atoms with van der Waals surface area (Å²) in [7, 11) is 0. The molecule has 0 aromatic carbocycles. The Kier molecular flexibility index (Phi) is 6.54. The lowest BCUT2D eigenvalue weighted by Gasteiger charge is -2.06. The van der Waals surface area contributed by atoms with Gasteiger partial charge in [0.1, 0.15) is 6.61 Å². The highest BCUT2D eigenvalue weighted by atomic mass is 16.5. The van der Waals surface area contributed by atoms with Crippen LogP contribution in [0.1, 0.15) is 26.2 Å². The van der Waals surface area contributed by atoms with Crippen LogP contribution in [-0.2, 0) is 19.1 Å². The summed E-state index contributed by atoms with van der Waals surface area (Å²) < 4.78 is 9.57. The van der Waals surface area contributed by atoms with E-state index in [1.54, 1.807) is 6.92 Å². The van der Waals surface area contributed by atoms with Gasteiger partial charge in [0.2, 0.25) is 0 Å². The SMILES string of the molecule is CCOC(=O)/C=C\C(=O)OC/C=C1\C=CCCC1. The Morgan fingerprint density at radius 2 is 2.00 bits per heavy atom. The third-order valence-electron chi connectivity index (χ3n) is 2.38. The zero-order chi connectivity index (χ0) is 13.2. The Morgan fingerprint density at radius 3 is 2.61 bits per heavy atom. The molecule has 0 heterocycles. The van der Waals surface area contributed by atoms with E-state index in [2.05, 4.69) is 10.8 Å². The van der Waals surface area contributed by atoms with Gasteiger partial charge in [0, 0.05) is 12.2 Å². The lowest BCUT2D eigenvalue weighted by molar-refractivity contribution is -0.139. The number of hydrogen-bond donors (Lipinski definition) is 0. The molecule has 1 aliphatic rings. The van der Waals surface area contributed by atoms with Crippen molar-refractivity contribution >= 4 is 11.9 Å². The van der Waals surface area contributed by atoms with Gasteiger partial charge in [-0.25, -0.2) is 9.59 Å². The molecule has 0 amide bonds. The van der Waals surface area contributed by atoms with Crippen molar-refractivity contribution in [1.29, 1.82) is 0 Å². The minimum absolute atomic E-state index is 0.228. The first kappa shape index (κ1) is 14.2. The van der Waals surface area contributed by atoms with Gasteiger partial charge in [-0.2, -0.15) is 0 Å². The molecule has 98 valence electrons. The normalized spacial score (nSPS) is 17.1. The highest BCUT2D eigenvalue weighted by molar-refractivity contribution is 5.91. The Labute approximate surface area is 107 Å². The van der Waals surface area contributed by atoms with Crippen LogP contribution in [0.15, 0.2) is 36.0 Å². The molecule has 0 radical (unpaired) electrons. The average Bonchev–Trinajstić information content (AvgIpc) is 2.38. The predicted octanol–water partition coefficient (Wildman–Crippen LogP) is 2.32. The highest BCUT2D eigenvalue weighted by Gasteiger charge is 2.01. The molecule has 1 rings (SSSR count). The molecule has 0 spiro atoms. The largest absolute Gasteiger partial charge is 0.463 e. The number of hydrogen-bond acceptors (Lipinski definition) is 4. The van der Waals surface area contributed by atoms with Crippen LogP contribution >= 0.6 is 0 Å². The van der Waals surface area contributed by atoms with E-state index in [4.69, 9.17) is 4.74 Å². The van der Waals surface area contributed by atoms with Crippen molar-refractivity contribution < 1.29 is 19.1 Å². The first-order chi connectivity index (χ1) is 8.72. The molecule has 0 unspecified atom stereocenters. The van der Waals surface area contributed by atoms with E-state index in [-0.39, 0.29) is 13.2 Å². The molecule has 0 N–H and O–H groups in total. The molecule has 0 fully saturated rings. The van der Waals surface area contributed by atoms with Crippen molar-refractivity contribution in [3.05, 3.63) is 36.0 Å². The van der Waals surface area contributed by atoms with Gasteiger partial charge in [0.05, 0.1) is 6.61 Å². The second-order valence-corrected chi connectivity index (χ2v) is 3.79. The summed E-state index contributed by atoms with van der Waals surface area (Å²) in [5, 5.41) is 0. The summed E-state index contributed by atoms with van der Waals surface area (Å²) in [4.78, 5) is 22.2. The molecule has 0 bridgehead atoms. The molecule has 4 nitrogen and oxygen atoms in total. The average molecular weight is 250 g/mol. The van der Waals surface area contributed by atoms with Crippen LogP contribution < -0.4 is 0 Å². The van der Waals surface area contributed by atoms with Gasteiger partial charge in [-0.05, 0) is 37.8 Å². The summed E-state index contributed by atoms with van der Waals surface area (Å²) in [5.41, 5.74) is 1.18. The highest BCUT2D eigenvalue weighted by Crippen LogP contribution is 2.15. The lowest BCUT2D eigenvalue weighted by atomic mass is 10.0. The monoisotopic (exact) mass is 250 g/mol. The van der Waals surface area contributed by atoms with E-state index in [1.165, 1.54) is 5.57 Å². The Balaban J connectivity index is 2.26. The topological polar surface area (TPSA) is 52.6 Å². The second kappa shape index (κ2) is 8.28. The zero-order valence-corrected chi connectivity index (χ0v) is 10.6. The standard InChI is InChI=1S/C14H18O4/c1-2-17-13(15)8-9-14(16)18-11-10-12-6-4-3-5-7-12/h4,6,8-10H,2-3,5,7,11H2,1H3/b9-8-,12-10+. The summed E-state index contributed by atoms with van der Waals surface area (Å²) in [6.07, 6.45) is 11.5. The molecular weight excluding hydrogens is 232 g/mol. The summed E-state index contributed by atoms with van der Waals surface area (Å²) in [6, 6.07) is 0. The minimum Gasteiger partial charge on any atom is -0.463 e. The predicted molar refractivity (Wildman–Crippen MR) is 67.8 cm³/mol. The van der Waals surface area contributed by atoms with Crippen LogP contribution in [0.25, 0.3) is 0 Å². The van der Waals surface area contributed by atoms with Crippen LogP contribution in [-0.4, -0.2) is 25.2 Å². The maximum atomic E-state index is 11.2. The van der Waals surface area contributed by atoms with E-state index in [9.17, 15) is 9.59 Å². The molecule has 4 heteroatoms. The summed E-state index contributed by atoms with van der Waals surface area (Å²) in [6.45, 7) is 2.22. The van der Waals surface area contributed by atoms with Crippen molar-refractivity contribution in [2.75, 3.05) is 13.2 Å². The van der Waals surface area contributed by atoms with Crippen molar-refractivity contribution in [3.63, 3.8) is 0 Å². The fourth-order valence-corrected chi connectivity index (χ4v) is 1.52. The lowest BCUT2D eigenvalue weighted by Crippen LogP contribution is -2.04. The quantitative estimate of drug-likeness (QED) is 0.555. The minimum atomic E-state index is -0.542. The third-order valence-corrected chi connectivity index (χ3v) is 2.38. The van der Waals surface area contributed by atoms with Crippen molar-refractivity contribution in [2.45, 2.75) is 26.2 Å². The molecule has 0 saturated heterocycles.